The summed E-state index contributed by atoms with van der Waals surface area (Å²) in [4.78, 5) is 30.9. The van der Waals surface area contributed by atoms with E-state index in [0.717, 1.165) is 25.7 Å². The summed E-state index contributed by atoms with van der Waals surface area (Å²) in [6.45, 7) is 1.98. The number of hydrogen-bond acceptors (Lipinski definition) is 8. The third kappa shape index (κ3) is 4.04. The second-order valence-electron chi connectivity index (χ2n) is 9.48. The van der Waals surface area contributed by atoms with Crippen molar-refractivity contribution in [2.45, 2.75) is 62.8 Å². The molecule has 0 saturated heterocycles. The topological polar surface area (TPSA) is 135 Å². The first-order chi connectivity index (χ1) is 16.8. The zero-order valence-corrected chi connectivity index (χ0v) is 20.1. The summed E-state index contributed by atoms with van der Waals surface area (Å²) in [6.07, 6.45) is 6.72. The standard InChI is InChI=1S/C24H31N7O4/c1-24(35-3)10-9-18(24)28-22(33)14-13-26-31-20(25-2)12-19(29-21(14)31)27-15-6-5-11-30(23(15)34)16-7-4-8-17(16)32/h5-6,11-13,16-18,25,32H,4,7-10H2,1-3H3,(H,27,29)(H,28,33)/t16-,17+,18+,24+/m1/s1. The second kappa shape index (κ2) is 8.97. The van der Waals surface area contributed by atoms with Crippen molar-refractivity contribution in [1.29, 1.82) is 0 Å². The van der Waals surface area contributed by atoms with Gasteiger partial charge in [-0.1, -0.05) is 0 Å². The number of aliphatic hydroxyl groups excluding tert-OH is 1. The fraction of sp³-hybridized carbons (Fsp3) is 0.500. The molecule has 4 N–H and O–H groups in total. The molecule has 0 radical (unpaired) electrons. The minimum absolute atomic E-state index is 0.0891. The lowest BCUT2D eigenvalue weighted by Crippen LogP contribution is -2.59. The molecule has 2 aliphatic carbocycles. The lowest BCUT2D eigenvalue weighted by Gasteiger charge is -2.45. The normalized spacial score (nSPS) is 25.9. The van der Waals surface area contributed by atoms with Crippen LogP contribution in [0.4, 0.5) is 17.3 Å². The van der Waals surface area contributed by atoms with Crippen LogP contribution in [0.5, 0.6) is 0 Å². The van der Waals surface area contributed by atoms with Crippen molar-refractivity contribution in [3.8, 4) is 0 Å². The van der Waals surface area contributed by atoms with Crippen molar-refractivity contribution in [2.24, 2.45) is 0 Å². The molecule has 1 amide bonds. The summed E-state index contributed by atoms with van der Waals surface area (Å²) >= 11 is 0. The molecule has 0 aliphatic heterocycles. The lowest BCUT2D eigenvalue weighted by molar-refractivity contribution is -0.0828. The molecular formula is C24H31N7O4. The molecule has 3 aromatic rings. The molecule has 4 atom stereocenters. The Balaban J connectivity index is 1.46. The number of ether oxygens (including phenoxy) is 1. The van der Waals surface area contributed by atoms with Gasteiger partial charge >= 0.3 is 0 Å². The van der Waals surface area contributed by atoms with Gasteiger partial charge in [0.15, 0.2) is 5.65 Å². The number of methoxy groups -OCH3 is 1. The predicted octanol–water partition coefficient (Wildman–Crippen LogP) is 2.06. The van der Waals surface area contributed by atoms with Gasteiger partial charge in [-0.25, -0.2) is 4.98 Å². The van der Waals surface area contributed by atoms with Crippen molar-refractivity contribution in [2.75, 3.05) is 24.8 Å². The van der Waals surface area contributed by atoms with Crippen LogP contribution in [0.15, 0.2) is 35.4 Å². The molecule has 5 rings (SSSR count). The first-order valence-electron chi connectivity index (χ1n) is 11.9. The lowest BCUT2D eigenvalue weighted by atomic mass is 9.76. The molecule has 186 valence electrons. The molecule has 2 aliphatic rings. The Morgan fingerprint density at radius 3 is 2.80 bits per heavy atom. The Morgan fingerprint density at radius 2 is 2.14 bits per heavy atom. The number of carbonyl (C=O) groups excluding carboxylic acids is 1. The van der Waals surface area contributed by atoms with Crippen LogP contribution in [-0.4, -0.2) is 62.1 Å². The van der Waals surface area contributed by atoms with E-state index in [2.05, 4.69) is 26.0 Å². The molecule has 3 aromatic heterocycles. The van der Waals surface area contributed by atoms with Crippen molar-refractivity contribution in [3.05, 3.63) is 46.5 Å². The molecule has 35 heavy (non-hydrogen) atoms. The van der Waals surface area contributed by atoms with Gasteiger partial charge in [-0.05, 0) is 51.2 Å². The summed E-state index contributed by atoms with van der Waals surface area (Å²) in [5.41, 5.74) is 0.408. The maximum Gasteiger partial charge on any atom is 0.274 e. The van der Waals surface area contributed by atoms with Crippen molar-refractivity contribution < 1.29 is 14.6 Å². The highest BCUT2D eigenvalue weighted by Gasteiger charge is 2.44. The number of nitrogens with zero attached hydrogens (tertiary/aromatic N) is 4. The molecule has 11 heteroatoms. The molecule has 11 nitrogen and oxygen atoms in total. The van der Waals surface area contributed by atoms with Crippen molar-refractivity contribution >= 4 is 28.9 Å². The SMILES string of the molecule is CNc1cc(Nc2cccn([C@@H]3CCC[C@@H]3O)c2=O)nc2c(C(=O)N[C@H]3CC[C@]3(C)OC)cnn12. The van der Waals surface area contributed by atoms with Crippen LogP contribution in [0.25, 0.3) is 5.65 Å². The summed E-state index contributed by atoms with van der Waals surface area (Å²) in [5, 5.41) is 23.8. The maximum absolute atomic E-state index is 13.2. The summed E-state index contributed by atoms with van der Waals surface area (Å²) < 4.78 is 8.69. The van der Waals surface area contributed by atoms with E-state index in [1.54, 1.807) is 47.6 Å². The number of rotatable bonds is 7. The average Bonchev–Trinajstić information content (AvgIpc) is 3.48. The van der Waals surface area contributed by atoms with E-state index in [9.17, 15) is 14.7 Å². The number of carbonyl (C=O) groups is 1. The monoisotopic (exact) mass is 481 g/mol. The molecule has 3 heterocycles. The van der Waals surface area contributed by atoms with Crippen LogP contribution in [0, 0.1) is 0 Å². The number of amides is 1. The Kier molecular flexibility index (Phi) is 5.97. The highest BCUT2D eigenvalue weighted by atomic mass is 16.5. The van der Waals surface area contributed by atoms with Gasteiger partial charge in [-0.15, -0.1) is 0 Å². The van der Waals surface area contributed by atoms with Gasteiger partial charge in [0.2, 0.25) is 0 Å². The fourth-order valence-electron chi connectivity index (χ4n) is 5.02. The summed E-state index contributed by atoms with van der Waals surface area (Å²) in [7, 11) is 3.40. The quantitative estimate of drug-likeness (QED) is 0.403. The Bertz CT molecular complexity index is 1310. The number of anilines is 3. The predicted molar refractivity (Wildman–Crippen MR) is 131 cm³/mol. The first-order valence-corrected chi connectivity index (χ1v) is 11.9. The van der Waals surface area contributed by atoms with Gasteiger partial charge in [0.1, 0.15) is 22.9 Å². The van der Waals surface area contributed by atoms with Gasteiger partial charge in [-0.3, -0.25) is 9.59 Å². The van der Waals surface area contributed by atoms with Crippen LogP contribution in [0.3, 0.4) is 0 Å². The Morgan fingerprint density at radius 1 is 1.31 bits per heavy atom. The van der Waals surface area contributed by atoms with E-state index in [4.69, 9.17) is 4.74 Å². The molecule has 2 saturated carbocycles. The van der Waals surface area contributed by atoms with Crippen LogP contribution in [0.2, 0.25) is 0 Å². The summed E-state index contributed by atoms with van der Waals surface area (Å²) in [5.74, 6) is 0.713. The van der Waals surface area contributed by atoms with Crippen LogP contribution >= 0.6 is 0 Å². The Hall–Kier alpha value is -3.44. The van der Waals surface area contributed by atoms with E-state index in [-0.39, 0.29) is 29.2 Å². The second-order valence-corrected chi connectivity index (χ2v) is 9.48. The molecule has 0 spiro atoms. The molecule has 0 unspecified atom stereocenters. The third-order valence-corrected chi connectivity index (χ3v) is 7.45. The van der Waals surface area contributed by atoms with Gasteiger partial charge in [-0.2, -0.15) is 9.61 Å². The van der Waals surface area contributed by atoms with Crippen molar-refractivity contribution in [1.82, 2.24) is 24.5 Å². The van der Waals surface area contributed by atoms with Crippen molar-refractivity contribution in [3.63, 3.8) is 0 Å². The van der Waals surface area contributed by atoms with E-state index >= 15 is 0 Å². The molecule has 2 fully saturated rings. The highest BCUT2D eigenvalue weighted by molar-refractivity contribution is 6.00. The van der Waals surface area contributed by atoms with E-state index < -0.39 is 6.10 Å². The molecule has 0 bridgehead atoms. The summed E-state index contributed by atoms with van der Waals surface area (Å²) in [6, 6.07) is 4.85. The smallest absolute Gasteiger partial charge is 0.274 e. The third-order valence-electron chi connectivity index (χ3n) is 7.45. The minimum Gasteiger partial charge on any atom is -0.391 e. The number of pyridine rings is 1. The fourth-order valence-corrected chi connectivity index (χ4v) is 5.02. The van der Waals surface area contributed by atoms with Crippen LogP contribution in [-0.2, 0) is 4.74 Å². The van der Waals surface area contributed by atoms with Gasteiger partial charge < -0.3 is 30.4 Å². The number of aromatic nitrogens is 4. The number of aliphatic hydroxyl groups is 1. The Labute approximate surface area is 202 Å². The van der Waals surface area contributed by atoms with Crippen LogP contribution < -0.4 is 21.5 Å². The highest BCUT2D eigenvalue weighted by Crippen LogP contribution is 2.35. The zero-order valence-electron chi connectivity index (χ0n) is 20.1. The number of hydrogen-bond donors (Lipinski definition) is 4. The van der Waals surface area contributed by atoms with E-state index in [1.165, 1.54) is 6.20 Å². The first kappa shape index (κ1) is 23.3. The zero-order chi connectivity index (χ0) is 24.7. The average molecular weight is 482 g/mol. The minimum atomic E-state index is -0.531. The number of nitrogens with one attached hydrogen (secondary N) is 3. The van der Waals surface area contributed by atoms with Gasteiger partial charge in [0.25, 0.3) is 11.5 Å². The van der Waals surface area contributed by atoms with E-state index in [0.29, 0.717) is 35.0 Å². The van der Waals surface area contributed by atoms with E-state index in [1.807, 2.05) is 6.92 Å². The number of fused-ring (bicyclic) bond motifs is 1. The maximum atomic E-state index is 13.2. The molecule has 0 aromatic carbocycles. The molecular weight excluding hydrogens is 450 g/mol. The van der Waals surface area contributed by atoms with Gasteiger partial charge in [0.05, 0.1) is 30.0 Å². The van der Waals surface area contributed by atoms with Gasteiger partial charge in [0, 0.05) is 26.4 Å². The largest absolute Gasteiger partial charge is 0.391 e. The van der Waals surface area contributed by atoms with Crippen LogP contribution in [0.1, 0.15) is 55.4 Å².